The second-order valence-corrected chi connectivity index (χ2v) is 8.64. The van der Waals surface area contributed by atoms with Gasteiger partial charge in [-0.25, -0.2) is 0 Å². The van der Waals surface area contributed by atoms with E-state index >= 15 is 0 Å². The molecular formula is C22H38BN5O4. The second-order valence-electron chi connectivity index (χ2n) is 8.64. The predicted octanol–water partition coefficient (Wildman–Crippen LogP) is 0.766. The fourth-order valence-electron chi connectivity index (χ4n) is 3.18. The van der Waals surface area contributed by atoms with E-state index in [0.29, 0.717) is 43.2 Å². The lowest BCUT2D eigenvalue weighted by Gasteiger charge is -2.24. The standard InChI is InChI=1S/C22H38BN5O4/c1-14(2)13-19(23(31)32)28-21(30)18(7-6-12-26-22(24)25-5)27-20(29)17-10-8-16(9-11-17)15(3)4/h8-11,14-15,18-19,31-32H,6-7,12-13H2,1-5H3,(H,27,29)(H,28,30)(H3,24,25,26)/t18-,19-/m0/s1. The topological polar surface area (TPSA) is 149 Å². The summed E-state index contributed by atoms with van der Waals surface area (Å²) in [6.45, 7) is 8.47. The molecule has 0 heterocycles. The first kappa shape index (κ1) is 27.4. The van der Waals surface area contributed by atoms with Crippen LogP contribution in [0.5, 0.6) is 0 Å². The number of amides is 2. The molecule has 10 heteroatoms. The zero-order valence-corrected chi connectivity index (χ0v) is 19.8. The predicted molar refractivity (Wildman–Crippen MR) is 128 cm³/mol. The van der Waals surface area contributed by atoms with Crippen LogP contribution in [0.25, 0.3) is 0 Å². The van der Waals surface area contributed by atoms with Gasteiger partial charge in [0.25, 0.3) is 5.91 Å². The summed E-state index contributed by atoms with van der Waals surface area (Å²) in [6, 6.07) is 6.41. The van der Waals surface area contributed by atoms with Gasteiger partial charge in [0.1, 0.15) is 6.04 Å². The molecule has 1 aromatic carbocycles. The number of guanidine groups is 1. The molecule has 0 aliphatic rings. The van der Waals surface area contributed by atoms with Gasteiger partial charge in [-0.3, -0.25) is 14.6 Å². The highest BCUT2D eigenvalue weighted by Crippen LogP contribution is 2.15. The van der Waals surface area contributed by atoms with E-state index in [2.05, 4.69) is 34.8 Å². The molecule has 0 aliphatic carbocycles. The van der Waals surface area contributed by atoms with Gasteiger partial charge in [0.15, 0.2) is 5.96 Å². The van der Waals surface area contributed by atoms with E-state index in [1.165, 1.54) is 0 Å². The van der Waals surface area contributed by atoms with Gasteiger partial charge in [-0.05, 0) is 48.8 Å². The van der Waals surface area contributed by atoms with Crippen LogP contribution in [-0.4, -0.2) is 60.5 Å². The summed E-state index contributed by atoms with van der Waals surface area (Å²) in [5.74, 6) is -0.870. The van der Waals surface area contributed by atoms with E-state index in [0.717, 1.165) is 5.56 Å². The molecule has 0 saturated carbocycles. The van der Waals surface area contributed by atoms with Crippen LogP contribution in [0.4, 0.5) is 0 Å². The molecule has 0 aromatic heterocycles. The van der Waals surface area contributed by atoms with Crippen molar-refractivity contribution < 1.29 is 19.6 Å². The maximum Gasteiger partial charge on any atom is 0.475 e. The fourth-order valence-corrected chi connectivity index (χ4v) is 3.18. The number of carbonyl (C=O) groups is 2. The molecule has 0 saturated heterocycles. The molecule has 0 unspecified atom stereocenters. The summed E-state index contributed by atoms with van der Waals surface area (Å²) in [6.07, 6.45) is 1.27. The number of carbonyl (C=O) groups excluding carboxylic acids is 2. The molecule has 0 fully saturated rings. The minimum Gasteiger partial charge on any atom is -0.426 e. The fraction of sp³-hybridized carbons (Fsp3) is 0.591. The maximum atomic E-state index is 12.9. The van der Waals surface area contributed by atoms with Crippen LogP contribution in [0.2, 0.25) is 0 Å². The number of aliphatic imine (C=N–C) groups is 1. The smallest absolute Gasteiger partial charge is 0.426 e. The molecule has 178 valence electrons. The van der Waals surface area contributed by atoms with E-state index in [1.807, 2.05) is 26.0 Å². The lowest BCUT2D eigenvalue weighted by Crippen LogP contribution is -2.54. The van der Waals surface area contributed by atoms with Gasteiger partial charge in [-0.15, -0.1) is 0 Å². The van der Waals surface area contributed by atoms with Crippen molar-refractivity contribution >= 4 is 24.9 Å². The van der Waals surface area contributed by atoms with E-state index in [-0.39, 0.29) is 11.8 Å². The summed E-state index contributed by atoms with van der Waals surface area (Å²) in [4.78, 5) is 29.5. The summed E-state index contributed by atoms with van der Waals surface area (Å²) >= 11 is 0. The summed E-state index contributed by atoms with van der Waals surface area (Å²) in [5.41, 5.74) is 7.19. The molecule has 2 atom stereocenters. The number of nitrogens with one attached hydrogen (secondary N) is 3. The van der Waals surface area contributed by atoms with Crippen LogP contribution in [0.1, 0.15) is 68.8 Å². The average Bonchev–Trinajstić information content (AvgIpc) is 2.74. The Morgan fingerprint density at radius 3 is 2.22 bits per heavy atom. The van der Waals surface area contributed by atoms with E-state index in [4.69, 9.17) is 5.73 Å². The van der Waals surface area contributed by atoms with Crippen molar-refractivity contribution in [1.82, 2.24) is 16.0 Å². The Kier molecular flexibility index (Phi) is 11.8. The molecule has 0 bridgehead atoms. The molecule has 2 amide bonds. The molecule has 7 N–H and O–H groups in total. The van der Waals surface area contributed by atoms with Crippen molar-refractivity contribution in [2.24, 2.45) is 16.6 Å². The van der Waals surface area contributed by atoms with Gasteiger partial charge < -0.3 is 31.7 Å². The van der Waals surface area contributed by atoms with Gasteiger partial charge in [-0.2, -0.15) is 0 Å². The third kappa shape index (κ3) is 9.70. The first-order valence-corrected chi connectivity index (χ1v) is 11.1. The van der Waals surface area contributed by atoms with Crippen molar-refractivity contribution in [2.45, 2.75) is 64.9 Å². The van der Waals surface area contributed by atoms with E-state index in [1.54, 1.807) is 19.2 Å². The molecule has 32 heavy (non-hydrogen) atoms. The summed E-state index contributed by atoms with van der Waals surface area (Å²) in [5, 5.41) is 27.6. The van der Waals surface area contributed by atoms with E-state index < -0.39 is 25.0 Å². The molecule has 0 aliphatic heterocycles. The van der Waals surface area contributed by atoms with Crippen molar-refractivity contribution in [3.63, 3.8) is 0 Å². The molecular weight excluding hydrogens is 409 g/mol. The summed E-state index contributed by atoms with van der Waals surface area (Å²) < 4.78 is 0. The molecule has 9 nitrogen and oxygen atoms in total. The second kappa shape index (κ2) is 13.7. The van der Waals surface area contributed by atoms with Crippen LogP contribution in [0.3, 0.4) is 0 Å². The first-order valence-electron chi connectivity index (χ1n) is 11.1. The first-order chi connectivity index (χ1) is 15.0. The van der Waals surface area contributed by atoms with Crippen molar-refractivity contribution in [1.29, 1.82) is 0 Å². The highest BCUT2D eigenvalue weighted by atomic mass is 16.4. The Morgan fingerprint density at radius 2 is 1.72 bits per heavy atom. The average molecular weight is 447 g/mol. The normalized spacial score (nSPS) is 13.6. The zero-order chi connectivity index (χ0) is 24.3. The maximum absolute atomic E-state index is 12.9. The van der Waals surface area contributed by atoms with E-state index in [9.17, 15) is 19.6 Å². The number of hydrogen-bond donors (Lipinski definition) is 6. The lowest BCUT2D eigenvalue weighted by molar-refractivity contribution is -0.123. The third-order valence-electron chi connectivity index (χ3n) is 5.09. The highest BCUT2D eigenvalue weighted by Gasteiger charge is 2.29. The molecule has 0 spiro atoms. The van der Waals surface area contributed by atoms with Gasteiger partial charge >= 0.3 is 7.12 Å². The minimum absolute atomic E-state index is 0.148. The lowest BCUT2D eigenvalue weighted by atomic mass is 9.75. The highest BCUT2D eigenvalue weighted by molar-refractivity contribution is 6.43. The van der Waals surface area contributed by atoms with Crippen LogP contribution < -0.4 is 21.7 Å². The number of hydrogen-bond acceptors (Lipinski definition) is 5. The van der Waals surface area contributed by atoms with Crippen molar-refractivity contribution in [3.05, 3.63) is 35.4 Å². The van der Waals surface area contributed by atoms with Gasteiger partial charge in [-0.1, -0.05) is 39.8 Å². The SMILES string of the molecule is CN=C(N)NCCC[C@H](NC(=O)c1ccc(C(C)C)cc1)C(=O)N[C@@H](CC(C)C)B(O)O. The monoisotopic (exact) mass is 447 g/mol. The Hall–Kier alpha value is -2.59. The molecule has 1 aromatic rings. The number of rotatable bonds is 12. The van der Waals surface area contributed by atoms with Crippen LogP contribution in [0.15, 0.2) is 29.3 Å². The van der Waals surface area contributed by atoms with Crippen molar-refractivity contribution in [2.75, 3.05) is 13.6 Å². The molecule has 1 rings (SSSR count). The zero-order valence-electron chi connectivity index (χ0n) is 19.8. The van der Waals surface area contributed by atoms with Crippen LogP contribution in [0, 0.1) is 5.92 Å². The Bertz CT molecular complexity index is 753. The molecule has 0 radical (unpaired) electrons. The number of nitrogens with two attached hydrogens (primary N) is 1. The van der Waals surface area contributed by atoms with Gasteiger partial charge in [0.2, 0.25) is 5.91 Å². The van der Waals surface area contributed by atoms with Gasteiger partial charge in [0, 0.05) is 19.2 Å². The number of nitrogens with zero attached hydrogens (tertiary/aromatic N) is 1. The van der Waals surface area contributed by atoms with Crippen LogP contribution >= 0.6 is 0 Å². The Labute approximate surface area is 191 Å². The minimum atomic E-state index is -1.69. The van der Waals surface area contributed by atoms with Gasteiger partial charge in [0.05, 0.1) is 5.94 Å². The van der Waals surface area contributed by atoms with Crippen LogP contribution in [-0.2, 0) is 4.79 Å². The quantitative estimate of drug-likeness (QED) is 0.121. The Morgan fingerprint density at radius 1 is 1.09 bits per heavy atom. The Balaban J connectivity index is 2.90. The number of benzene rings is 1. The largest absolute Gasteiger partial charge is 0.475 e. The third-order valence-corrected chi connectivity index (χ3v) is 5.09. The van der Waals surface area contributed by atoms with Crippen molar-refractivity contribution in [3.8, 4) is 0 Å². The summed E-state index contributed by atoms with van der Waals surface area (Å²) in [7, 11) is -0.123.